The van der Waals surface area contributed by atoms with Crippen LogP contribution in [0.15, 0.2) is 309 Å². The fourth-order valence-corrected chi connectivity index (χ4v) is 29.0. The topological polar surface area (TPSA) is 9.72 Å². The van der Waals surface area contributed by atoms with Gasteiger partial charge in [0.15, 0.2) is 0 Å². The molecule has 0 aromatic heterocycles. The molecule has 0 amide bonds. The van der Waals surface area contributed by atoms with E-state index >= 15 is 0 Å². The van der Waals surface area contributed by atoms with Gasteiger partial charge in [-0.3, -0.25) is 0 Å². The zero-order valence-electron chi connectivity index (χ0n) is 73.0. The van der Waals surface area contributed by atoms with E-state index in [4.69, 9.17) is 0 Å². The minimum absolute atomic E-state index is 0.432. The molecule has 0 aliphatic heterocycles. The van der Waals surface area contributed by atoms with Gasteiger partial charge in [-0.05, 0) is 406 Å². The van der Waals surface area contributed by atoms with Gasteiger partial charge < -0.3 is 14.7 Å². The lowest BCUT2D eigenvalue weighted by atomic mass is 9.48. The summed E-state index contributed by atoms with van der Waals surface area (Å²) in [6.45, 7) is 0. The summed E-state index contributed by atoms with van der Waals surface area (Å²) in [4.78, 5) is 7.43. The molecule has 0 unspecified atom stereocenters. The van der Waals surface area contributed by atoms with Gasteiger partial charge in [0.05, 0.1) is 5.69 Å². The summed E-state index contributed by atoms with van der Waals surface area (Å²) in [6.07, 6.45) is 46.8. The standard InChI is InChI=1S/3C40H43N/c1-3-9-32(10-4-1)33-15-19-36(20-16-33)41(39-14-8-7-13-38(39)34-11-5-2-6-12-34)37-21-17-35(18-22-37)40-26-29-23-30(27-40)25-31(24-29)28-40;1-3-8-32(9-4-1)34-14-18-37(19-15-34)41(39-13-7-12-35(25-39)33-10-5-2-6-11-33)38-20-16-36(17-21-38)40-26-29-22-30(27-40)24-31(23-29)28-40;1-3-7-32(8-4-1)34-11-17-37(18-12-34)41(38-19-13-35(14-20-38)33-9-5-2-6-10-33)39-21-15-36(16-22-39)40-26-29-23-30(27-40)25-31(24-29)28-40/h2,5-8,11-22,29-32H,1,3-4,9-10,23-28H2;2,5-7,10-21,25,29-32H,1,3-4,8-9,22-24,26-28H2;1,3-4,7-8,11-22,29-31,33H,2,5-6,9-10,23-28H2. The van der Waals surface area contributed by atoms with E-state index in [9.17, 15) is 0 Å². The fraction of sp³-hybridized carbons (Fsp3) is 0.400. The quantitative estimate of drug-likeness (QED) is 0.0848. The van der Waals surface area contributed by atoms with Crippen LogP contribution in [-0.2, 0) is 16.2 Å². The number of hydrogen-bond donors (Lipinski definition) is 0. The summed E-state index contributed by atoms with van der Waals surface area (Å²) in [6, 6.07) is 118. The fourth-order valence-electron chi connectivity index (χ4n) is 29.0. The van der Waals surface area contributed by atoms with Crippen LogP contribution in [0.4, 0.5) is 51.2 Å². The van der Waals surface area contributed by atoms with E-state index in [1.165, 1.54) is 313 Å². The summed E-state index contributed by atoms with van der Waals surface area (Å²) in [5, 5.41) is 0. The highest BCUT2D eigenvalue weighted by molar-refractivity contribution is 5.89. The molecule has 27 rings (SSSR count). The third-order valence-electron chi connectivity index (χ3n) is 33.7. The summed E-state index contributed by atoms with van der Waals surface area (Å²) in [5.74, 6) is 10.9. The second-order valence-electron chi connectivity index (χ2n) is 41.7. The first kappa shape index (κ1) is 79.0. The predicted molar refractivity (Wildman–Crippen MR) is 517 cm³/mol. The Morgan fingerprint density at radius 1 is 0.187 bits per heavy atom. The largest absolute Gasteiger partial charge is 0.311 e. The molecule has 15 saturated carbocycles. The molecule has 12 aromatic rings. The van der Waals surface area contributed by atoms with Gasteiger partial charge in [-0.2, -0.15) is 0 Å². The van der Waals surface area contributed by atoms with Crippen molar-refractivity contribution < 1.29 is 0 Å². The van der Waals surface area contributed by atoms with Gasteiger partial charge in [0.1, 0.15) is 0 Å². The molecule has 12 bridgehead atoms. The highest BCUT2D eigenvalue weighted by Crippen LogP contribution is 2.64. The second-order valence-corrected chi connectivity index (χ2v) is 41.7. The van der Waals surface area contributed by atoms with Crippen LogP contribution in [0.3, 0.4) is 0 Å². The molecule has 12 aromatic carbocycles. The van der Waals surface area contributed by atoms with Gasteiger partial charge in [0.2, 0.25) is 0 Å². The van der Waals surface area contributed by atoms with Gasteiger partial charge in [-0.15, -0.1) is 0 Å². The molecule has 0 atom stereocenters. The van der Waals surface area contributed by atoms with Gasteiger partial charge in [-0.1, -0.05) is 264 Å². The van der Waals surface area contributed by atoms with E-state index in [1.807, 2.05) is 0 Å². The Morgan fingerprint density at radius 3 is 0.772 bits per heavy atom. The van der Waals surface area contributed by atoms with Gasteiger partial charge in [-0.25, -0.2) is 0 Å². The normalized spacial score (nSPS) is 27.2. The first-order chi connectivity index (χ1) is 60.7. The Hall–Kier alpha value is -9.96. The molecule has 0 N–H and O–H groups in total. The van der Waals surface area contributed by atoms with E-state index in [0.29, 0.717) is 16.2 Å². The number of hydrogen-bond acceptors (Lipinski definition) is 3. The van der Waals surface area contributed by atoms with Crippen LogP contribution >= 0.6 is 0 Å². The highest BCUT2D eigenvalue weighted by atomic mass is 15.2. The molecule has 0 radical (unpaired) electrons. The first-order valence-electron chi connectivity index (χ1n) is 49.2. The summed E-state index contributed by atoms with van der Waals surface area (Å²) >= 11 is 0. The Labute approximate surface area is 736 Å². The van der Waals surface area contributed by atoms with Crippen LogP contribution in [0.25, 0.3) is 33.4 Å². The minimum atomic E-state index is 0.432. The van der Waals surface area contributed by atoms with Crippen molar-refractivity contribution >= 4 is 51.2 Å². The van der Waals surface area contributed by atoms with Crippen LogP contribution in [0.1, 0.15) is 263 Å². The lowest BCUT2D eigenvalue weighted by Gasteiger charge is -2.57. The number of anilines is 9. The molecule has 0 saturated heterocycles. The minimum Gasteiger partial charge on any atom is -0.311 e. The van der Waals surface area contributed by atoms with Crippen molar-refractivity contribution in [3.05, 3.63) is 343 Å². The molecule has 123 heavy (non-hydrogen) atoms. The summed E-state index contributed by atoms with van der Waals surface area (Å²) < 4.78 is 0. The predicted octanol–water partition coefficient (Wildman–Crippen LogP) is 34.0. The SMILES string of the molecule is c1ccc(-c2ccc(N(c3ccc(C4CCCCC4)cc3)c3ccc(C45CC6CC(CC(C6)C4)C5)cc3)cc2)cc1.c1ccc(-c2cccc(N(c3ccc(C4CCCCC4)cc3)c3ccc(C45CC6CC(CC(C6)C4)C5)cc3)c2)cc1.c1ccc(-c2ccccc2N(c2ccc(C3CCCCC3)cc2)c2ccc(C34CC5CC(CC(C5)C3)C4)cc2)cc1. The Kier molecular flexibility index (Phi) is 22.2. The van der Waals surface area contributed by atoms with Crippen molar-refractivity contribution in [2.24, 2.45) is 53.3 Å². The van der Waals surface area contributed by atoms with Gasteiger partial charge in [0, 0.05) is 51.1 Å². The van der Waals surface area contributed by atoms with Crippen LogP contribution in [0.2, 0.25) is 0 Å². The maximum atomic E-state index is 2.50. The number of para-hydroxylation sites is 1. The molecule has 15 fully saturated rings. The van der Waals surface area contributed by atoms with E-state index in [2.05, 4.69) is 324 Å². The molecule has 15 aliphatic rings. The monoisotopic (exact) mass is 1610 g/mol. The second kappa shape index (κ2) is 34.5. The van der Waals surface area contributed by atoms with Gasteiger partial charge in [0.25, 0.3) is 0 Å². The number of rotatable bonds is 18. The third-order valence-corrected chi connectivity index (χ3v) is 33.7. The molecule has 3 heteroatoms. The molecular weight excluding hydrogens is 1480 g/mol. The Balaban J connectivity index is 0.000000110. The van der Waals surface area contributed by atoms with Crippen molar-refractivity contribution in [1.82, 2.24) is 0 Å². The van der Waals surface area contributed by atoms with E-state index in [-0.39, 0.29) is 0 Å². The maximum Gasteiger partial charge on any atom is 0.0540 e. The molecule has 624 valence electrons. The average molecular weight is 1610 g/mol. The number of benzene rings is 12. The average Bonchev–Trinajstić information content (AvgIpc) is 0.740. The van der Waals surface area contributed by atoms with Gasteiger partial charge >= 0.3 is 0 Å². The summed E-state index contributed by atoms with van der Waals surface area (Å²) in [5.41, 5.74) is 29.5. The van der Waals surface area contributed by atoms with Crippen molar-refractivity contribution in [1.29, 1.82) is 0 Å². The summed E-state index contributed by atoms with van der Waals surface area (Å²) in [7, 11) is 0. The van der Waals surface area contributed by atoms with Crippen molar-refractivity contribution in [3.63, 3.8) is 0 Å². The van der Waals surface area contributed by atoms with E-state index in [1.54, 1.807) is 16.7 Å². The van der Waals surface area contributed by atoms with Crippen LogP contribution in [-0.4, -0.2) is 0 Å². The lowest BCUT2D eigenvalue weighted by molar-refractivity contribution is -0.00530. The lowest BCUT2D eigenvalue weighted by Crippen LogP contribution is -2.48. The van der Waals surface area contributed by atoms with Crippen LogP contribution < -0.4 is 14.7 Å². The van der Waals surface area contributed by atoms with Crippen LogP contribution in [0, 0.1) is 53.3 Å². The molecular formula is C120H129N3. The van der Waals surface area contributed by atoms with Crippen molar-refractivity contribution in [2.75, 3.05) is 14.7 Å². The Bertz CT molecular complexity index is 5410. The Morgan fingerprint density at radius 2 is 0.439 bits per heavy atom. The van der Waals surface area contributed by atoms with Crippen molar-refractivity contribution in [2.45, 2.75) is 246 Å². The maximum absolute atomic E-state index is 2.50. The van der Waals surface area contributed by atoms with Crippen LogP contribution in [0.5, 0.6) is 0 Å². The zero-order chi connectivity index (χ0) is 81.7. The third kappa shape index (κ3) is 16.4. The molecule has 3 nitrogen and oxygen atoms in total. The molecule has 0 spiro atoms. The first-order valence-corrected chi connectivity index (χ1v) is 49.2. The molecule has 15 aliphatic carbocycles. The zero-order valence-corrected chi connectivity index (χ0v) is 73.0. The van der Waals surface area contributed by atoms with E-state index in [0.717, 1.165) is 71.0 Å². The number of nitrogens with zero attached hydrogens (tertiary/aromatic N) is 3. The smallest absolute Gasteiger partial charge is 0.0540 e. The van der Waals surface area contributed by atoms with Crippen molar-refractivity contribution in [3.8, 4) is 33.4 Å². The van der Waals surface area contributed by atoms with E-state index < -0.39 is 0 Å². The highest BCUT2D eigenvalue weighted by Gasteiger charge is 2.54. The molecule has 0 heterocycles.